The molecule has 0 bridgehead atoms. The minimum absolute atomic E-state index is 0.200. The number of hydrogen-bond acceptors (Lipinski definition) is 5. The Balaban J connectivity index is 1.59. The van der Waals surface area contributed by atoms with Crippen molar-refractivity contribution in [1.82, 2.24) is 5.32 Å². The van der Waals surface area contributed by atoms with E-state index in [1.807, 2.05) is 54.6 Å². The number of carbonyl (C=O) groups is 2. The van der Waals surface area contributed by atoms with Gasteiger partial charge in [0.05, 0.1) is 6.04 Å². The van der Waals surface area contributed by atoms with Gasteiger partial charge in [-0.15, -0.1) is 11.8 Å². The third kappa shape index (κ3) is 4.08. The third-order valence-electron chi connectivity index (χ3n) is 3.72. The fourth-order valence-corrected chi connectivity index (χ4v) is 3.56. The highest BCUT2D eigenvalue weighted by Gasteiger charge is 2.27. The molecule has 6 heteroatoms. The van der Waals surface area contributed by atoms with Crippen LogP contribution < -0.4 is 10.6 Å². The van der Waals surface area contributed by atoms with Crippen molar-refractivity contribution in [2.24, 2.45) is 0 Å². The molecule has 0 fully saturated rings. The summed E-state index contributed by atoms with van der Waals surface area (Å²) >= 11 is 1.60. The Morgan fingerprint density at radius 3 is 2.75 bits per heavy atom. The molecule has 0 saturated heterocycles. The van der Waals surface area contributed by atoms with Gasteiger partial charge in [-0.3, -0.25) is 0 Å². The highest BCUT2D eigenvalue weighted by atomic mass is 32.2. The fraction of sp³-hybridized carbons (Fsp3) is 0.222. The first kappa shape index (κ1) is 16.4. The van der Waals surface area contributed by atoms with E-state index in [2.05, 4.69) is 10.6 Å². The molecule has 1 amide bonds. The van der Waals surface area contributed by atoms with E-state index >= 15 is 0 Å². The van der Waals surface area contributed by atoms with Crippen LogP contribution in [0.15, 0.2) is 59.5 Å². The maximum absolute atomic E-state index is 12.0. The van der Waals surface area contributed by atoms with Gasteiger partial charge in [-0.2, -0.15) is 0 Å². The van der Waals surface area contributed by atoms with Crippen LogP contribution in [0.3, 0.4) is 0 Å². The van der Waals surface area contributed by atoms with Crippen LogP contribution in [0.1, 0.15) is 5.56 Å². The lowest BCUT2D eigenvalue weighted by atomic mass is 10.1. The number of nitrogens with one attached hydrogen (secondary N) is 2. The van der Waals surface area contributed by atoms with Gasteiger partial charge in [0.1, 0.15) is 18.9 Å². The molecule has 0 radical (unpaired) electrons. The first-order chi connectivity index (χ1) is 11.8. The van der Waals surface area contributed by atoms with Crippen molar-refractivity contribution >= 4 is 29.8 Å². The van der Waals surface area contributed by atoms with Crippen molar-refractivity contribution in [1.29, 1.82) is 0 Å². The van der Waals surface area contributed by atoms with E-state index in [0.717, 1.165) is 22.4 Å². The molecule has 2 aromatic carbocycles. The molecule has 2 aromatic rings. The number of para-hydroxylation sites is 1. The number of benzene rings is 2. The third-order valence-corrected chi connectivity index (χ3v) is 4.92. The van der Waals surface area contributed by atoms with Gasteiger partial charge in [0.25, 0.3) is 0 Å². The first-order valence-electron chi connectivity index (χ1n) is 7.67. The van der Waals surface area contributed by atoms with Gasteiger partial charge < -0.3 is 20.2 Å². The molecule has 2 unspecified atom stereocenters. The molecule has 1 heterocycles. The number of amides is 1. The zero-order valence-corrected chi connectivity index (χ0v) is 13.8. The summed E-state index contributed by atoms with van der Waals surface area (Å²) in [6.07, 6.45) is 0.300. The molecule has 0 aromatic heterocycles. The van der Waals surface area contributed by atoms with E-state index in [9.17, 15) is 9.59 Å². The number of anilines is 1. The minimum atomic E-state index is -0.524. The minimum Gasteiger partial charge on any atom is -0.445 e. The monoisotopic (exact) mass is 342 g/mol. The maximum atomic E-state index is 12.0. The van der Waals surface area contributed by atoms with Crippen LogP contribution in [0.4, 0.5) is 10.5 Å². The van der Waals surface area contributed by atoms with Crippen molar-refractivity contribution in [2.45, 2.75) is 23.6 Å². The SMILES string of the molecule is O=CC1Nc2ccccc2SCC1NC(=O)OCc1ccccc1. The van der Waals surface area contributed by atoms with Gasteiger partial charge in [-0.25, -0.2) is 4.79 Å². The molecule has 124 valence electrons. The molecular formula is C18H18N2O3S. The van der Waals surface area contributed by atoms with E-state index in [-0.39, 0.29) is 12.6 Å². The number of ether oxygens (including phenoxy) is 1. The number of thioether (sulfide) groups is 1. The summed E-state index contributed by atoms with van der Waals surface area (Å²) in [4.78, 5) is 24.5. The van der Waals surface area contributed by atoms with E-state index in [4.69, 9.17) is 4.74 Å². The van der Waals surface area contributed by atoms with E-state index < -0.39 is 12.1 Å². The fourth-order valence-electron chi connectivity index (χ4n) is 2.45. The molecule has 1 aliphatic heterocycles. The lowest BCUT2D eigenvalue weighted by Crippen LogP contribution is -2.48. The molecule has 2 N–H and O–H groups in total. The average molecular weight is 342 g/mol. The molecule has 0 spiro atoms. The molecule has 5 nitrogen and oxygen atoms in total. The standard InChI is InChI=1S/C18H18N2O3S/c21-10-15-16(12-24-17-9-5-4-8-14(17)19-15)20-18(22)23-11-13-6-2-1-3-7-13/h1-10,15-16,19H,11-12H2,(H,20,22). The molecule has 3 rings (SSSR count). The zero-order valence-electron chi connectivity index (χ0n) is 13.0. The second kappa shape index (κ2) is 7.88. The summed E-state index contributed by atoms with van der Waals surface area (Å²) in [7, 11) is 0. The Morgan fingerprint density at radius 1 is 1.21 bits per heavy atom. The van der Waals surface area contributed by atoms with Crippen LogP contribution in [0.5, 0.6) is 0 Å². The van der Waals surface area contributed by atoms with Crippen molar-refractivity contribution in [3.05, 3.63) is 60.2 Å². The van der Waals surface area contributed by atoms with Crippen LogP contribution >= 0.6 is 11.8 Å². The van der Waals surface area contributed by atoms with E-state index in [1.54, 1.807) is 11.8 Å². The summed E-state index contributed by atoms with van der Waals surface area (Å²) in [5.74, 6) is 0.591. The smallest absolute Gasteiger partial charge is 0.407 e. The molecule has 2 atom stereocenters. The van der Waals surface area contributed by atoms with Gasteiger partial charge in [-0.05, 0) is 17.7 Å². The number of alkyl carbamates (subject to hydrolysis) is 1. The molecule has 1 aliphatic rings. The molecule has 0 aliphatic carbocycles. The Kier molecular flexibility index (Phi) is 5.38. The number of carbonyl (C=O) groups excluding carboxylic acids is 2. The quantitative estimate of drug-likeness (QED) is 0.836. The molecular weight excluding hydrogens is 324 g/mol. The predicted octanol–water partition coefficient (Wildman–Crippen LogP) is 3.07. The van der Waals surface area contributed by atoms with Crippen molar-refractivity contribution in [2.75, 3.05) is 11.1 Å². The Labute approximate surface area is 144 Å². The van der Waals surface area contributed by atoms with Gasteiger partial charge in [-0.1, -0.05) is 42.5 Å². The Morgan fingerprint density at radius 2 is 1.96 bits per heavy atom. The summed E-state index contributed by atoms with van der Waals surface area (Å²) in [6.45, 7) is 0.200. The van der Waals surface area contributed by atoms with Gasteiger partial charge in [0, 0.05) is 16.3 Å². The average Bonchev–Trinajstić information content (AvgIpc) is 2.80. The van der Waals surface area contributed by atoms with Crippen molar-refractivity contribution in [3.63, 3.8) is 0 Å². The first-order valence-corrected chi connectivity index (χ1v) is 8.65. The highest BCUT2D eigenvalue weighted by molar-refractivity contribution is 7.99. The van der Waals surface area contributed by atoms with Crippen molar-refractivity contribution < 1.29 is 14.3 Å². The van der Waals surface area contributed by atoms with Crippen molar-refractivity contribution in [3.8, 4) is 0 Å². The van der Waals surface area contributed by atoms with Gasteiger partial charge in [0.15, 0.2) is 0 Å². The largest absolute Gasteiger partial charge is 0.445 e. The normalized spacial score (nSPS) is 19.3. The number of rotatable bonds is 4. The van der Waals surface area contributed by atoms with Crippen LogP contribution in [-0.4, -0.2) is 30.2 Å². The second-order valence-corrected chi connectivity index (χ2v) is 6.49. The highest BCUT2D eigenvalue weighted by Crippen LogP contribution is 2.31. The summed E-state index contributed by atoms with van der Waals surface area (Å²) in [5, 5.41) is 5.97. The maximum Gasteiger partial charge on any atom is 0.407 e. The Bertz CT molecular complexity index is 708. The summed E-state index contributed by atoms with van der Waals surface area (Å²) < 4.78 is 5.24. The van der Waals surface area contributed by atoms with E-state index in [0.29, 0.717) is 5.75 Å². The van der Waals surface area contributed by atoms with Gasteiger partial charge in [0.2, 0.25) is 0 Å². The summed E-state index contributed by atoms with van der Waals surface area (Å²) in [6, 6.07) is 16.4. The number of aldehydes is 1. The van der Waals surface area contributed by atoms with Crippen LogP contribution in [0.25, 0.3) is 0 Å². The zero-order chi connectivity index (χ0) is 16.8. The summed E-state index contributed by atoms with van der Waals surface area (Å²) in [5.41, 5.74) is 1.82. The van der Waals surface area contributed by atoms with Crippen LogP contribution in [-0.2, 0) is 16.1 Å². The number of hydrogen-bond donors (Lipinski definition) is 2. The lowest BCUT2D eigenvalue weighted by Gasteiger charge is -2.22. The lowest BCUT2D eigenvalue weighted by molar-refractivity contribution is -0.108. The van der Waals surface area contributed by atoms with Gasteiger partial charge >= 0.3 is 6.09 Å². The molecule has 0 saturated carbocycles. The second-order valence-electron chi connectivity index (χ2n) is 5.43. The predicted molar refractivity (Wildman–Crippen MR) is 94.2 cm³/mol. The van der Waals surface area contributed by atoms with Crippen LogP contribution in [0.2, 0.25) is 0 Å². The molecule has 24 heavy (non-hydrogen) atoms. The Hall–Kier alpha value is -2.47. The van der Waals surface area contributed by atoms with Crippen LogP contribution in [0, 0.1) is 0 Å². The van der Waals surface area contributed by atoms with E-state index in [1.165, 1.54) is 0 Å². The topological polar surface area (TPSA) is 67.4 Å². The number of fused-ring (bicyclic) bond motifs is 1.